The lowest BCUT2D eigenvalue weighted by Crippen LogP contribution is -2.38. The van der Waals surface area contributed by atoms with Crippen LogP contribution in [-0.4, -0.2) is 21.4 Å². The van der Waals surface area contributed by atoms with Gasteiger partial charge >= 0.3 is 5.97 Å². The highest BCUT2D eigenvalue weighted by atomic mass is 16.4. The largest absolute Gasteiger partial charge is 0.481 e. The lowest BCUT2D eigenvalue weighted by atomic mass is 10.1. The van der Waals surface area contributed by atoms with Gasteiger partial charge in [-0.05, 0) is 19.3 Å². The molecule has 0 atom stereocenters. The Kier molecular flexibility index (Phi) is 7.15. The van der Waals surface area contributed by atoms with Gasteiger partial charge in [0.15, 0.2) is 5.69 Å². The molecule has 1 aromatic heterocycles. The first kappa shape index (κ1) is 15.7. The Balaban J connectivity index is 1.94. The normalized spacial score (nSPS) is 10.8. The summed E-state index contributed by atoms with van der Waals surface area (Å²) in [5.41, 5.74) is 2.28. The molecule has 0 aromatic carbocycles. The van der Waals surface area contributed by atoms with Crippen molar-refractivity contribution in [3.05, 3.63) is 11.4 Å². The first-order valence-electron chi connectivity index (χ1n) is 7.24. The lowest BCUT2D eigenvalue weighted by molar-refractivity contribution is -0.759. The van der Waals surface area contributed by atoms with Crippen LogP contribution < -0.4 is 4.68 Å². The molecule has 0 saturated carbocycles. The van der Waals surface area contributed by atoms with E-state index in [1.165, 1.54) is 31.4 Å². The van der Waals surface area contributed by atoms with Crippen LogP contribution in [0.3, 0.4) is 0 Å². The molecule has 5 nitrogen and oxygen atoms in total. The molecule has 19 heavy (non-hydrogen) atoms. The van der Waals surface area contributed by atoms with E-state index in [4.69, 9.17) is 5.11 Å². The second-order valence-electron chi connectivity index (χ2n) is 5.15. The summed E-state index contributed by atoms with van der Waals surface area (Å²) in [7, 11) is 0. The summed E-state index contributed by atoms with van der Waals surface area (Å²) in [6, 6.07) is 0. The van der Waals surface area contributed by atoms with Gasteiger partial charge in [-0.25, -0.2) is 0 Å². The van der Waals surface area contributed by atoms with Gasteiger partial charge in [0.2, 0.25) is 5.69 Å². The Morgan fingerprint density at radius 1 is 1.11 bits per heavy atom. The zero-order chi connectivity index (χ0) is 14.1. The molecule has 0 radical (unpaired) electrons. The van der Waals surface area contributed by atoms with Crippen LogP contribution in [0, 0.1) is 13.8 Å². The maximum atomic E-state index is 10.3. The summed E-state index contributed by atoms with van der Waals surface area (Å²) in [5, 5.41) is 15.7. The van der Waals surface area contributed by atoms with Crippen molar-refractivity contribution in [3.63, 3.8) is 0 Å². The fraction of sp³-hybridized carbons (Fsp3) is 0.786. The summed E-state index contributed by atoms with van der Waals surface area (Å²) in [5.74, 6) is -0.678. The molecule has 108 valence electrons. The van der Waals surface area contributed by atoms with E-state index in [0.29, 0.717) is 6.42 Å². The van der Waals surface area contributed by atoms with Gasteiger partial charge in [-0.3, -0.25) is 4.79 Å². The maximum Gasteiger partial charge on any atom is 0.303 e. The van der Waals surface area contributed by atoms with Crippen LogP contribution in [0.15, 0.2) is 0 Å². The number of unbranched alkanes of at least 4 members (excludes halogenated alkanes) is 6. The third kappa shape index (κ3) is 6.36. The van der Waals surface area contributed by atoms with Gasteiger partial charge < -0.3 is 5.11 Å². The molecule has 0 aliphatic rings. The van der Waals surface area contributed by atoms with E-state index < -0.39 is 5.97 Å². The molecule has 2 N–H and O–H groups in total. The number of nitrogens with one attached hydrogen (secondary N) is 1. The molecule has 0 saturated heterocycles. The Morgan fingerprint density at radius 3 is 2.21 bits per heavy atom. The monoisotopic (exact) mass is 268 g/mol. The molecule has 0 aliphatic heterocycles. The van der Waals surface area contributed by atoms with E-state index in [2.05, 4.69) is 21.9 Å². The Morgan fingerprint density at radius 2 is 1.68 bits per heavy atom. The van der Waals surface area contributed by atoms with Crippen molar-refractivity contribution >= 4 is 5.97 Å². The molecule has 0 aliphatic carbocycles. The van der Waals surface area contributed by atoms with E-state index in [1.807, 2.05) is 6.92 Å². The molecular formula is C14H26N3O2+. The van der Waals surface area contributed by atoms with Crippen molar-refractivity contribution in [2.45, 2.75) is 71.8 Å². The first-order valence-corrected chi connectivity index (χ1v) is 7.24. The zero-order valence-electron chi connectivity index (χ0n) is 12.1. The zero-order valence-corrected chi connectivity index (χ0v) is 12.1. The van der Waals surface area contributed by atoms with Crippen molar-refractivity contribution in [3.8, 4) is 0 Å². The molecule has 0 unspecified atom stereocenters. The van der Waals surface area contributed by atoms with Crippen molar-refractivity contribution in [2.75, 3.05) is 0 Å². The van der Waals surface area contributed by atoms with Crippen LogP contribution in [0.5, 0.6) is 0 Å². The number of aromatic nitrogens is 3. The quantitative estimate of drug-likeness (QED) is 0.506. The predicted octanol–water partition coefficient (Wildman–Crippen LogP) is 2.52. The second kappa shape index (κ2) is 8.67. The van der Waals surface area contributed by atoms with Crippen molar-refractivity contribution in [1.29, 1.82) is 0 Å². The Hall–Kier alpha value is -1.39. The van der Waals surface area contributed by atoms with Crippen LogP contribution in [0.1, 0.15) is 62.8 Å². The standard InChI is InChI=1S/C14H25N3O2/c1-12-13(2)17(16-15-12)11-9-7-5-3-4-6-8-10-14(18)19/h3-11H2,1-2H3,(H,18,19)/p+1. The average Bonchev–Trinajstić information content (AvgIpc) is 2.68. The molecule has 0 fully saturated rings. The van der Waals surface area contributed by atoms with Crippen LogP contribution >= 0.6 is 0 Å². The minimum absolute atomic E-state index is 0.315. The van der Waals surface area contributed by atoms with E-state index in [9.17, 15) is 4.79 Å². The number of carboxylic acids is 1. The number of aliphatic carboxylic acids is 1. The number of nitrogens with zero attached hydrogens (tertiary/aromatic N) is 2. The van der Waals surface area contributed by atoms with E-state index >= 15 is 0 Å². The van der Waals surface area contributed by atoms with Gasteiger partial charge in [0.25, 0.3) is 0 Å². The van der Waals surface area contributed by atoms with Crippen LogP contribution in [0.4, 0.5) is 0 Å². The summed E-state index contributed by atoms with van der Waals surface area (Å²) >= 11 is 0. The fourth-order valence-electron chi connectivity index (χ4n) is 2.13. The van der Waals surface area contributed by atoms with Crippen LogP contribution in [-0.2, 0) is 11.3 Å². The molecule has 1 aromatic rings. The number of carbonyl (C=O) groups is 1. The van der Waals surface area contributed by atoms with Crippen molar-refractivity contribution in [2.24, 2.45) is 0 Å². The number of aromatic amines is 1. The second-order valence-corrected chi connectivity index (χ2v) is 5.15. The SMILES string of the molecule is Cc1n[nH][n+](CCCCCCCCCC(=O)O)c1C. The van der Waals surface area contributed by atoms with Crippen molar-refractivity contribution < 1.29 is 14.6 Å². The highest BCUT2D eigenvalue weighted by Crippen LogP contribution is 2.08. The van der Waals surface area contributed by atoms with Gasteiger partial charge in [-0.1, -0.05) is 30.9 Å². The van der Waals surface area contributed by atoms with E-state index in [1.54, 1.807) is 0 Å². The van der Waals surface area contributed by atoms with Crippen LogP contribution in [0.25, 0.3) is 0 Å². The average molecular weight is 268 g/mol. The number of hydrogen-bond donors (Lipinski definition) is 2. The molecule has 0 amide bonds. The van der Waals surface area contributed by atoms with Gasteiger partial charge in [-0.15, -0.1) is 0 Å². The van der Waals surface area contributed by atoms with Gasteiger partial charge in [0, 0.05) is 25.4 Å². The number of H-pyrrole nitrogens is 1. The summed E-state index contributed by atoms with van der Waals surface area (Å²) in [4.78, 5) is 10.3. The summed E-state index contributed by atoms with van der Waals surface area (Å²) < 4.78 is 2.10. The highest BCUT2D eigenvalue weighted by Gasteiger charge is 2.10. The minimum atomic E-state index is -0.678. The van der Waals surface area contributed by atoms with E-state index in [-0.39, 0.29) is 0 Å². The molecule has 1 rings (SSSR count). The Labute approximate surface area is 115 Å². The van der Waals surface area contributed by atoms with Gasteiger partial charge in [0.1, 0.15) is 6.54 Å². The smallest absolute Gasteiger partial charge is 0.303 e. The third-order valence-corrected chi connectivity index (χ3v) is 3.54. The van der Waals surface area contributed by atoms with Crippen LogP contribution in [0.2, 0.25) is 0 Å². The summed E-state index contributed by atoms with van der Waals surface area (Å²) in [6.45, 7) is 5.10. The number of rotatable bonds is 10. The third-order valence-electron chi connectivity index (χ3n) is 3.54. The predicted molar refractivity (Wildman–Crippen MR) is 72.8 cm³/mol. The molecule has 1 heterocycles. The number of aryl methyl sites for hydroxylation is 2. The number of carboxylic acid groups (broad SMARTS) is 1. The maximum absolute atomic E-state index is 10.3. The first-order chi connectivity index (χ1) is 9.11. The van der Waals surface area contributed by atoms with Gasteiger partial charge in [0.05, 0.1) is 0 Å². The summed E-state index contributed by atoms with van der Waals surface area (Å²) in [6.07, 6.45) is 8.17. The molecular weight excluding hydrogens is 242 g/mol. The van der Waals surface area contributed by atoms with E-state index in [0.717, 1.165) is 31.5 Å². The Bertz CT molecular complexity index is 388. The molecule has 0 bridgehead atoms. The molecule has 0 spiro atoms. The fourth-order valence-corrected chi connectivity index (χ4v) is 2.13. The van der Waals surface area contributed by atoms with Crippen molar-refractivity contribution in [1.82, 2.24) is 10.3 Å². The minimum Gasteiger partial charge on any atom is -0.481 e. The topological polar surface area (TPSA) is 69.9 Å². The highest BCUT2D eigenvalue weighted by molar-refractivity contribution is 5.66. The lowest BCUT2D eigenvalue weighted by Gasteiger charge is -2.01. The van der Waals surface area contributed by atoms with Gasteiger partial charge in [-0.2, -0.15) is 4.68 Å². The molecule has 5 heteroatoms. The number of hydrogen-bond acceptors (Lipinski definition) is 2.